The van der Waals surface area contributed by atoms with E-state index in [4.69, 9.17) is 0 Å². The summed E-state index contributed by atoms with van der Waals surface area (Å²) in [4.78, 5) is 0. The van der Waals surface area contributed by atoms with Crippen LogP contribution < -0.4 is 0 Å². The van der Waals surface area contributed by atoms with Crippen LogP contribution in [0.3, 0.4) is 0 Å². The van der Waals surface area contributed by atoms with Crippen LogP contribution in [0.5, 0.6) is 0 Å². The summed E-state index contributed by atoms with van der Waals surface area (Å²) in [5.41, 5.74) is 10.3. The van der Waals surface area contributed by atoms with E-state index >= 15 is 0 Å². The van der Waals surface area contributed by atoms with Crippen LogP contribution in [0.4, 0.5) is 8.78 Å². The SMILES string of the molecule is Fc1ccc2c(c1)-c1cc(F)ccc1C2=C1c2ccccc2-c2ccccc21. The van der Waals surface area contributed by atoms with Gasteiger partial charge in [-0.2, -0.15) is 0 Å². The molecule has 0 unspecified atom stereocenters. The largest absolute Gasteiger partial charge is 0.207 e. The van der Waals surface area contributed by atoms with Crippen molar-refractivity contribution < 1.29 is 8.78 Å². The molecule has 4 aromatic rings. The number of hydrogen-bond acceptors (Lipinski definition) is 0. The molecule has 0 aliphatic heterocycles. The zero-order chi connectivity index (χ0) is 18.8. The molecular formula is C26H14F2. The van der Waals surface area contributed by atoms with Crippen molar-refractivity contribution in [1.82, 2.24) is 0 Å². The van der Waals surface area contributed by atoms with Crippen molar-refractivity contribution in [3.63, 3.8) is 0 Å². The molecule has 0 atom stereocenters. The van der Waals surface area contributed by atoms with E-state index in [0.29, 0.717) is 0 Å². The van der Waals surface area contributed by atoms with Crippen LogP contribution in [0.1, 0.15) is 22.3 Å². The van der Waals surface area contributed by atoms with E-state index in [-0.39, 0.29) is 11.6 Å². The highest BCUT2D eigenvalue weighted by atomic mass is 19.1. The molecule has 6 rings (SSSR count). The molecule has 2 aliphatic rings. The van der Waals surface area contributed by atoms with Gasteiger partial charge in [0, 0.05) is 0 Å². The van der Waals surface area contributed by atoms with Crippen molar-refractivity contribution >= 4 is 11.1 Å². The summed E-state index contributed by atoms with van der Waals surface area (Å²) in [5, 5.41) is 0. The number of halogens is 2. The molecule has 28 heavy (non-hydrogen) atoms. The van der Waals surface area contributed by atoms with Crippen molar-refractivity contribution in [3.05, 3.63) is 119 Å². The minimum Gasteiger partial charge on any atom is -0.207 e. The summed E-state index contributed by atoms with van der Waals surface area (Å²) in [7, 11) is 0. The molecule has 0 bridgehead atoms. The van der Waals surface area contributed by atoms with Crippen LogP contribution in [-0.2, 0) is 0 Å². The standard InChI is InChI=1S/C26H14F2/c27-15-9-11-21-23(13-15)24-14-16(28)10-12-22(24)26(21)25-19-7-3-1-5-17(19)18-6-2-4-8-20(18)25/h1-14H. The first-order chi connectivity index (χ1) is 13.7. The van der Waals surface area contributed by atoms with E-state index in [1.165, 1.54) is 35.4 Å². The fourth-order valence-corrected chi connectivity index (χ4v) is 4.62. The van der Waals surface area contributed by atoms with Gasteiger partial charge in [0.1, 0.15) is 11.6 Å². The molecule has 132 valence electrons. The Labute approximate surface area is 161 Å². The minimum absolute atomic E-state index is 0.313. The molecule has 0 amide bonds. The Kier molecular flexibility index (Phi) is 3.05. The molecule has 0 radical (unpaired) electrons. The lowest BCUT2D eigenvalue weighted by atomic mass is 9.92. The maximum absolute atomic E-state index is 14.0. The van der Waals surface area contributed by atoms with Crippen molar-refractivity contribution in [1.29, 1.82) is 0 Å². The van der Waals surface area contributed by atoms with Crippen LogP contribution in [0, 0.1) is 11.6 Å². The second-order valence-corrected chi connectivity index (χ2v) is 7.22. The van der Waals surface area contributed by atoms with Crippen molar-refractivity contribution in [2.24, 2.45) is 0 Å². The molecule has 0 aromatic heterocycles. The minimum atomic E-state index is -0.313. The number of fused-ring (bicyclic) bond motifs is 6. The smallest absolute Gasteiger partial charge is 0.123 e. The van der Waals surface area contributed by atoms with Crippen LogP contribution in [0.25, 0.3) is 33.4 Å². The predicted molar refractivity (Wildman–Crippen MR) is 109 cm³/mol. The first-order valence-electron chi connectivity index (χ1n) is 9.26. The molecule has 0 fully saturated rings. The van der Waals surface area contributed by atoms with E-state index < -0.39 is 0 Å². The van der Waals surface area contributed by atoms with Gasteiger partial charge in [-0.1, -0.05) is 60.7 Å². The third-order valence-electron chi connectivity index (χ3n) is 5.73. The van der Waals surface area contributed by atoms with Gasteiger partial charge in [-0.25, -0.2) is 8.78 Å². The van der Waals surface area contributed by atoms with E-state index in [1.807, 2.05) is 36.4 Å². The molecule has 0 heterocycles. The van der Waals surface area contributed by atoms with Gasteiger partial charge >= 0.3 is 0 Å². The van der Waals surface area contributed by atoms with Gasteiger partial charge in [-0.3, -0.25) is 0 Å². The third kappa shape index (κ3) is 1.97. The Balaban J connectivity index is 1.80. The summed E-state index contributed by atoms with van der Waals surface area (Å²) in [5.74, 6) is -0.625. The summed E-state index contributed by atoms with van der Waals surface area (Å²) in [6.45, 7) is 0. The predicted octanol–water partition coefficient (Wildman–Crippen LogP) is 6.93. The summed E-state index contributed by atoms with van der Waals surface area (Å²) in [6, 6.07) is 26.3. The van der Waals surface area contributed by atoms with E-state index in [9.17, 15) is 8.78 Å². The van der Waals surface area contributed by atoms with Crippen LogP contribution in [0.2, 0.25) is 0 Å². The Morgan fingerprint density at radius 2 is 0.714 bits per heavy atom. The zero-order valence-corrected chi connectivity index (χ0v) is 14.8. The van der Waals surface area contributed by atoms with Gasteiger partial charge in [0.2, 0.25) is 0 Å². The van der Waals surface area contributed by atoms with Crippen molar-refractivity contribution in [3.8, 4) is 22.3 Å². The Morgan fingerprint density at radius 3 is 1.14 bits per heavy atom. The van der Waals surface area contributed by atoms with Gasteiger partial charge in [0.15, 0.2) is 0 Å². The molecular weight excluding hydrogens is 350 g/mol. The lowest BCUT2D eigenvalue weighted by Gasteiger charge is -2.11. The van der Waals surface area contributed by atoms with Crippen LogP contribution in [-0.4, -0.2) is 0 Å². The lowest BCUT2D eigenvalue weighted by molar-refractivity contribution is 0.626. The normalized spacial score (nSPS) is 13.2. The van der Waals surface area contributed by atoms with Crippen LogP contribution >= 0.6 is 0 Å². The van der Waals surface area contributed by atoms with Gasteiger partial charge < -0.3 is 0 Å². The fraction of sp³-hybridized carbons (Fsp3) is 0. The molecule has 0 saturated carbocycles. The number of hydrogen-bond donors (Lipinski definition) is 0. The van der Waals surface area contributed by atoms with E-state index in [1.54, 1.807) is 0 Å². The average Bonchev–Trinajstić information content (AvgIpc) is 3.20. The maximum atomic E-state index is 14.0. The van der Waals surface area contributed by atoms with Gasteiger partial charge in [-0.15, -0.1) is 0 Å². The van der Waals surface area contributed by atoms with Gasteiger partial charge in [0.05, 0.1) is 0 Å². The molecule has 2 aliphatic carbocycles. The van der Waals surface area contributed by atoms with E-state index in [2.05, 4.69) is 24.3 Å². The molecule has 4 aromatic carbocycles. The molecule has 2 heteroatoms. The quantitative estimate of drug-likeness (QED) is 0.274. The highest BCUT2D eigenvalue weighted by Gasteiger charge is 2.32. The summed E-state index contributed by atoms with van der Waals surface area (Å²) in [6.07, 6.45) is 0. The average molecular weight is 364 g/mol. The highest BCUT2D eigenvalue weighted by Crippen LogP contribution is 2.54. The van der Waals surface area contributed by atoms with Crippen molar-refractivity contribution in [2.75, 3.05) is 0 Å². The molecule has 0 nitrogen and oxygen atoms in total. The van der Waals surface area contributed by atoms with Crippen molar-refractivity contribution in [2.45, 2.75) is 0 Å². The topological polar surface area (TPSA) is 0 Å². The zero-order valence-electron chi connectivity index (χ0n) is 14.8. The number of rotatable bonds is 0. The summed E-state index contributed by atoms with van der Waals surface area (Å²) >= 11 is 0. The highest BCUT2D eigenvalue weighted by molar-refractivity contribution is 6.18. The van der Waals surface area contributed by atoms with Gasteiger partial charge in [0.25, 0.3) is 0 Å². The fourth-order valence-electron chi connectivity index (χ4n) is 4.62. The Hall–Kier alpha value is -3.52. The second kappa shape index (κ2) is 5.49. The number of benzene rings is 4. The summed E-state index contributed by atoms with van der Waals surface area (Å²) < 4.78 is 28.1. The molecule has 0 saturated heterocycles. The Bertz CT molecular complexity index is 1230. The second-order valence-electron chi connectivity index (χ2n) is 7.22. The van der Waals surface area contributed by atoms with Crippen LogP contribution in [0.15, 0.2) is 84.9 Å². The third-order valence-corrected chi connectivity index (χ3v) is 5.73. The monoisotopic (exact) mass is 364 g/mol. The van der Waals surface area contributed by atoms with Gasteiger partial charge in [-0.05, 0) is 79.9 Å². The maximum Gasteiger partial charge on any atom is 0.123 e. The van der Waals surface area contributed by atoms with E-state index in [0.717, 1.165) is 44.5 Å². The molecule has 0 N–H and O–H groups in total. The lowest BCUT2D eigenvalue weighted by Crippen LogP contribution is -1.91. The first-order valence-corrected chi connectivity index (χ1v) is 9.26. The first kappa shape index (κ1) is 15.5. The molecule has 0 spiro atoms. The Morgan fingerprint density at radius 1 is 0.357 bits per heavy atom.